The van der Waals surface area contributed by atoms with Crippen LogP contribution >= 0.6 is 11.6 Å². The van der Waals surface area contributed by atoms with E-state index < -0.39 is 5.82 Å². The summed E-state index contributed by atoms with van der Waals surface area (Å²) in [4.78, 5) is 17.4. The van der Waals surface area contributed by atoms with Gasteiger partial charge in [0, 0.05) is 31.4 Å². The number of anilines is 2. The van der Waals surface area contributed by atoms with Crippen molar-refractivity contribution in [2.75, 3.05) is 36.9 Å². The Morgan fingerprint density at radius 1 is 1.41 bits per heavy atom. The smallest absolute Gasteiger partial charge is 0.234 e. The van der Waals surface area contributed by atoms with Crippen molar-refractivity contribution in [3.63, 3.8) is 0 Å². The van der Waals surface area contributed by atoms with Gasteiger partial charge in [0.15, 0.2) is 0 Å². The second-order valence-corrected chi connectivity index (χ2v) is 7.61. The molecule has 1 aromatic carbocycles. The van der Waals surface area contributed by atoms with Crippen LogP contribution in [-0.2, 0) is 0 Å². The molecule has 0 bridgehead atoms. The zero-order chi connectivity index (χ0) is 21.0. The lowest BCUT2D eigenvalue weighted by Gasteiger charge is -2.32. The van der Waals surface area contributed by atoms with Gasteiger partial charge >= 0.3 is 0 Å². The Morgan fingerprint density at radius 3 is 2.93 bits per heavy atom. The van der Waals surface area contributed by atoms with E-state index >= 15 is 0 Å². The van der Waals surface area contributed by atoms with Gasteiger partial charge in [-0.3, -0.25) is 4.90 Å². The van der Waals surface area contributed by atoms with E-state index in [4.69, 9.17) is 17.3 Å². The number of aromatic nitrogens is 2. The topological polar surface area (TPSA) is 82.7 Å². The van der Waals surface area contributed by atoms with Crippen LogP contribution in [0.4, 0.5) is 21.8 Å². The minimum absolute atomic E-state index is 0.00593. The van der Waals surface area contributed by atoms with Gasteiger partial charge in [-0.25, -0.2) is 14.4 Å². The Morgan fingerprint density at radius 2 is 2.21 bits per heavy atom. The van der Waals surface area contributed by atoms with Gasteiger partial charge in [0.2, 0.25) is 11.9 Å². The fourth-order valence-electron chi connectivity index (χ4n) is 3.31. The zero-order valence-corrected chi connectivity index (χ0v) is 17.7. The second-order valence-electron chi connectivity index (χ2n) is 7.20. The van der Waals surface area contributed by atoms with Crippen molar-refractivity contribution in [2.45, 2.75) is 32.7 Å². The summed E-state index contributed by atoms with van der Waals surface area (Å²) >= 11 is 5.81. The Bertz CT molecular complexity index is 889. The monoisotopic (exact) mass is 419 g/mol. The molecule has 1 unspecified atom stereocenters. The quantitative estimate of drug-likeness (QED) is 0.569. The van der Waals surface area contributed by atoms with E-state index in [9.17, 15) is 4.39 Å². The molecule has 1 atom stereocenters. The molecule has 1 aliphatic heterocycles. The summed E-state index contributed by atoms with van der Waals surface area (Å²) < 4.78 is 13.3. The van der Waals surface area contributed by atoms with Crippen LogP contribution in [0.15, 0.2) is 29.3 Å². The first-order chi connectivity index (χ1) is 13.9. The molecule has 9 heteroatoms. The lowest BCUT2D eigenvalue weighted by atomic mass is 10.1. The molecule has 2 heterocycles. The largest absolute Gasteiger partial charge is 0.369 e. The maximum Gasteiger partial charge on any atom is 0.234 e. The molecular weight excluding hydrogens is 393 g/mol. The molecule has 1 fully saturated rings. The van der Waals surface area contributed by atoms with E-state index in [-0.39, 0.29) is 11.0 Å². The van der Waals surface area contributed by atoms with Crippen molar-refractivity contribution < 1.29 is 4.39 Å². The van der Waals surface area contributed by atoms with Crippen LogP contribution in [0, 0.1) is 12.7 Å². The van der Waals surface area contributed by atoms with E-state index in [1.165, 1.54) is 24.6 Å². The van der Waals surface area contributed by atoms with E-state index in [2.05, 4.69) is 32.1 Å². The van der Waals surface area contributed by atoms with Crippen LogP contribution in [0.1, 0.15) is 25.5 Å². The Hall–Kier alpha value is -2.45. The molecule has 156 valence electrons. The average molecular weight is 420 g/mol. The normalized spacial score (nSPS) is 18.0. The number of hydrogen-bond donors (Lipinski definition) is 2. The summed E-state index contributed by atoms with van der Waals surface area (Å²) in [6, 6.07) is 6.46. The molecule has 1 saturated heterocycles. The molecular formula is C20H27ClFN7. The van der Waals surface area contributed by atoms with E-state index in [1.54, 1.807) is 11.9 Å². The predicted octanol–water partition coefficient (Wildman–Crippen LogP) is 3.56. The highest BCUT2D eigenvalue weighted by Gasteiger charge is 2.20. The highest BCUT2D eigenvalue weighted by Crippen LogP contribution is 2.22. The number of halogens is 2. The molecule has 0 aliphatic carbocycles. The number of piperidine rings is 1. The molecule has 2 aromatic rings. The van der Waals surface area contributed by atoms with Gasteiger partial charge in [0.25, 0.3) is 0 Å². The number of nitrogens with two attached hydrogens (primary N) is 1. The van der Waals surface area contributed by atoms with Gasteiger partial charge in [-0.05, 0) is 51.1 Å². The lowest BCUT2D eigenvalue weighted by Crippen LogP contribution is -2.42. The number of guanidine groups is 1. The van der Waals surface area contributed by atoms with Gasteiger partial charge < -0.3 is 16.0 Å². The molecule has 0 saturated carbocycles. The zero-order valence-electron chi connectivity index (χ0n) is 17.0. The van der Waals surface area contributed by atoms with Gasteiger partial charge in [-0.1, -0.05) is 18.5 Å². The highest BCUT2D eigenvalue weighted by molar-refractivity contribution is 6.31. The number of aliphatic imine (C=N–C) groups is 1. The van der Waals surface area contributed by atoms with Crippen LogP contribution in [0.3, 0.4) is 0 Å². The fourth-order valence-corrected chi connectivity index (χ4v) is 3.49. The van der Waals surface area contributed by atoms with Crippen molar-refractivity contribution in [3.05, 3.63) is 40.8 Å². The summed E-state index contributed by atoms with van der Waals surface area (Å²) in [6.07, 6.45) is 2.28. The summed E-state index contributed by atoms with van der Waals surface area (Å²) in [5.74, 6) is 0.878. The molecule has 0 spiro atoms. The lowest BCUT2D eigenvalue weighted by molar-refractivity contribution is 0.226. The van der Waals surface area contributed by atoms with Gasteiger partial charge in [-0.2, -0.15) is 4.98 Å². The summed E-state index contributed by atoms with van der Waals surface area (Å²) in [6.45, 7) is 7.29. The molecule has 3 rings (SSSR count). The Kier molecular flexibility index (Phi) is 6.87. The molecule has 0 radical (unpaired) electrons. The number of likely N-dealkylation sites (N-methyl/N-ethyl adjacent to an activating group) is 1. The fraction of sp³-hybridized carbons (Fsp3) is 0.450. The van der Waals surface area contributed by atoms with E-state index in [1.807, 2.05) is 13.0 Å². The molecule has 7 nitrogen and oxygen atoms in total. The first-order valence-electron chi connectivity index (χ1n) is 9.73. The third-order valence-electron chi connectivity index (χ3n) is 4.94. The third kappa shape index (κ3) is 5.55. The maximum atomic E-state index is 13.3. The highest BCUT2D eigenvalue weighted by atomic mass is 35.5. The summed E-state index contributed by atoms with van der Waals surface area (Å²) in [7, 11) is 1.74. The van der Waals surface area contributed by atoms with Crippen LogP contribution in [0.2, 0.25) is 5.02 Å². The van der Waals surface area contributed by atoms with Crippen LogP contribution in [-0.4, -0.2) is 53.6 Å². The number of rotatable bonds is 5. The average Bonchev–Trinajstić information content (AvgIpc) is 2.69. The van der Waals surface area contributed by atoms with Crippen LogP contribution in [0.25, 0.3) is 0 Å². The van der Waals surface area contributed by atoms with Gasteiger partial charge in [0.1, 0.15) is 11.6 Å². The molecule has 3 N–H and O–H groups in total. The first-order valence-corrected chi connectivity index (χ1v) is 10.1. The molecule has 0 amide bonds. The van der Waals surface area contributed by atoms with E-state index in [0.29, 0.717) is 17.7 Å². The third-order valence-corrected chi connectivity index (χ3v) is 5.23. The number of likely N-dealkylation sites (tertiary alicyclic amines) is 1. The van der Waals surface area contributed by atoms with Crippen LogP contribution < -0.4 is 16.0 Å². The van der Waals surface area contributed by atoms with Crippen molar-refractivity contribution in [3.8, 4) is 0 Å². The number of hydrogen-bond acceptors (Lipinski definition) is 5. The minimum Gasteiger partial charge on any atom is -0.369 e. The standard InChI is InChI=1S/C20H27ClFN7/c1-4-29-9-5-6-15(12-29)25-18-10-13(2)24-20(27-18)28(3)19(23)26-14-7-8-17(22)16(21)11-14/h7-8,10-11,15H,4-6,9,12H2,1-3H3,(H2,23,26)(H,24,25,27). The number of nitrogens with zero attached hydrogens (tertiary/aromatic N) is 5. The molecule has 1 aliphatic rings. The van der Waals surface area contributed by atoms with Gasteiger partial charge in [-0.15, -0.1) is 0 Å². The predicted molar refractivity (Wildman–Crippen MR) is 117 cm³/mol. The molecule has 29 heavy (non-hydrogen) atoms. The maximum absolute atomic E-state index is 13.3. The van der Waals surface area contributed by atoms with Gasteiger partial charge in [0.05, 0.1) is 10.7 Å². The Balaban J connectivity index is 1.77. The van der Waals surface area contributed by atoms with Crippen LogP contribution in [0.5, 0.6) is 0 Å². The Labute approximate surface area is 175 Å². The van der Waals surface area contributed by atoms with Crippen molar-refractivity contribution >= 4 is 35.0 Å². The minimum atomic E-state index is -0.500. The first kappa shape index (κ1) is 21.3. The van der Waals surface area contributed by atoms with Crippen molar-refractivity contribution in [2.24, 2.45) is 10.7 Å². The summed E-state index contributed by atoms with van der Waals surface area (Å²) in [5.41, 5.74) is 7.40. The number of benzene rings is 1. The second kappa shape index (κ2) is 9.37. The SMILES string of the molecule is CCN1CCCC(Nc2cc(C)nc(N(C)C(N)=Nc3ccc(F)c(Cl)c3)n2)C1. The van der Waals surface area contributed by atoms with Crippen molar-refractivity contribution in [1.29, 1.82) is 0 Å². The number of aryl methyl sites for hydroxylation is 1. The number of nitrogens with one attached hydrogen (secondary N) is 1. The summed E-state index contributed by atoms with van der Waals surface area (Å²) in [5, 5.41) is 3.52. The van der Waals surface area contributed by atoms with E-state index in [0.717, 1.165) is 37.6 Å². The van der Waals surface area contributed by atoms with Crippen molar-refractivity contribution in [1.82, 2.24) is 14.9 Å². The molecule has 1 aromatic heterocycles.